The minimum Gasteiger partial charge on any atom is -0.465 e. The van der Waals surface area contributed by atoms with E-state index in [-0.39, 0.29) is 24.2 Å². The highest BCUT2D eigenvalue weighted by Crippen LogP contribution is 2.67. The molecule has 1 heterocycles. The van der Waals surface area contributed by atoms with Crippen LogP contribution in [0.2, 0.25) is 10.0 Å². The number of hydrogen-bond donors (Lipinski definition) is 0. The summed E-state index contributed by atoms with van der Waals surface area (Å²) in [6.45, 7) is 2.64. The molecule has 0 radical (unpaired) electrons. The second kappa shape index (κ2) is 16.3. The van der Waals surface area contributed by atoms with Crippen molar-refractivity contribution < 1.29 is 36.7 Å². The first-order chi connectivity index (χ1) is 23.9. The molecule has 0 saturated heterocycles. The first kappa shape index (κ1) is 37.8. The van der Waals surface area contributed by atoms with Crippen LogP contribution in [0.25, 0.3) is 10.6 Å². The van der Waals surface area contributed by atoms with Crippen molar-refractivity contribution in [1.82, 2.24) is 9.78 Å². The molecule has 0 amide bonds. The molecule has 0 spiro atoms. The Hall–Kier alpha value is -3.42. The fourth-order valence-electron chi connectivity index (χ4n) is 4.67. The van der Waals surface area contributed by atoms with Crippen LogP contribution < -0.4 is 9.54 Å². The Morgan fingerprint density at radius 2 is 1.66 bits per heavy atom. The third-order valence-corrected chi connectivity index (χ3v) is 11.5. The number of methoxy groups -OCH3 is 1. The number of aromatic nitrogens is 2. The van der Waals surface area contributed by atoms with Gasteiger partial charge in [-0.2, -0.15) is 13.9 Å². The van der Waals surface area contributed by atoms with Gasteiger partial charge in [0.25, 0.3) is 0 Å². The molecule has 0 atom stereocenters. The lowest BCUT2D eigenvalue weighted by molar-refractivity contribution is 0.0354. The van der Waals surface area contributed by atoms with Crippen molar-refractivity contribution in [2.24, 2.45) is 4.99 Å². The quantitative estimate of drug-likeness (QED) is 0.0860. The van der Waals surface area contributed by atoms with Crippen molar-refractivity contribution in [1.29, 1.82) is 0 Å². The standard InChI is InChI=1S/C34H29BrCl2F2N3O6PS/c1-4-46-49(44,47-5-2)34(38,39)27-14-12-21(16-28(27)35)20-42-33(40-24-13-15-29(36)30(37)19-24)50-31(41-42)22-8-6-10-25(17-22)48-26-11-7-9-23(18-26)32(43)45-3/h6-19H,4-5,20H2,1-3H3. The number of hydrogen-bond acceptors (Lipinski definition) is 9. The number of nitrogens with zero attached hydrogens (tertiary/aromatic N) is 3. The highest BCUT2D eigenvalue weighted by Gasteiger charge is 2.55. The van der Waals surface area contributed by atoms with Crippen molar-refractivity contribution in [3.05, 3.63) is 121 Å². The average Bonchev–Trinajstić information content (AvgIpc) is 3.48. The third-order valence-electron chi connectivity index (χ3n) is 6.95. The zero-order chi connectivity index (χ0) is 36.1. The lowest BCUT2D eigenvalue weighted by atomic mass is 10.1. The Morgan fingerprint density at radius 1 is 0.960 bits per heavy atom. The zero-order valence-electron chi connectivity index (χ0n) is 26.7. The molecule has 9 nitrogen and oxygen atoms in total. The van der Waals surface area contributed by atoms with Gasteiger partial charge in [0.15, 0.2) is 0 Å². The predicted molar refractivity (Wildman–Crippen MR) is 193 cm³/mol. The van der Waals surface area contributed by atoms with Crippen molar-refractivity contribution in [2.45, 2.75) is 26.1 Å². The monoisotopic (exact) mass is 825 g/mol. The largest absolute Gasteiger partial charge is 0.465 e. The molecular formula is C34H29BrCl2F2N3O6PS. The van der Waals surface area contributed by atoms with E-state index in [0.717, 1.165) is 0 Å². The maximum atomic E-state index is 15.6. The Balaban J connectivity index is 1.51. The van der Waals surface area contributed by atoms with Crippen LogP contribution in [0.5, 0.6) is 11.5 Å². The lowest BCUT2D eigenvalue weighted by Crippen LogP contribution is -2.20. The summed E-state index contributed by atoms with van der Waals surface area (Å²) in [5.41, 5.74) is -2.29. The van der Waals surface area contributed by atoms with Crippen LogP contribution in [0.4, 0.5) is 14.5 Å². The summed E-state index contributed by atoms with van der Waals surface area (Å²) in [5, 5.41) is 6.09. The van der Waals surface area contributed by atoms with Gasteiger partial charge in [-0.05, 0) is 74.0 Å². The minimum absolute atomic E-state index is 0.0137. The highest BCUT2D eigenvalue weighted by atomic mass is 79.9. The molecule has 5 rings (SSSR count). The SMILES string of the molecule is CCOP(=O)(OCC)C(F)(F)c1ccc(Cn2nc(-c3cccc(Oc4cccc(C(=O)OC)c4)c3)sc2=Nc2ccc(Cl)c(Cl)c2)cc1Br. The molecule has 1 aromatic heterocycles. The van der Waals surface area contributed by atoms with E-state index in [0.29, 0.717) is 53.7 Å². The van der Waals surface area contributed by atoms with Gasteiger partial charge >= 0.3 is 19.2 Å². The third kappa shape index (κ3) is 8.54. The van der Waals surface area contributed by atoms with Gasteiger partial charge < -0.3 is 18.5 Å². The average molecular weight is 827 g/mol. The molecule has 0 fully saturated rings. The van der Waals surface area contributed by atoms with E-state index in [1.54, 1.807) is 65.3 Å². The van der Waals surface area contributed by atoms with Gasteiger partial charge in [0.1, 0.15) is 16.5 Å². The molecule has 50 heavy (non-hydrogen) atoms. The molecule has 0 aliphatic rings. The molecule has 0 N–H and O–H groups in total. The van der Waals surface area contributed by atoms with Gasteiger partial charge in [-0.1, -0.05) is 80.8 Å². The summed E-state index contributed by atoms with van der Waals surface area (Å²) in [4.78, 5) is 17.2. The van der Waals surface area contributed by atoms with E-state index >= 15 is 8.78 Å². The summed E-state index contributed by atoms with van der Waals surface area (Å²) >= 11 is 16.9. The molecule has 0 bridgehead atoms. The van der Waals surface area contributed by atoms with Crippen LogP contribution in [0, 0.1) is 0 Å². The summed E-state index contributed by atoms with van der Waals surface area (Å²) < 4.78 is 66.6. The van der Waals surface area contributed by atoms with E-state index in [2.05, 4.69) is 15.9 Å². The second-order valence-electron chi connectivity index (χ2n) is 10.4. The molecule has 4 aromatic carbocycles. The minimum atomic E-state index is -4.82. The fraction of sp³-hybridized carbons (Fsp3) is 0.206. The van der Waals surface area contributed by atoms with Crippen LogP contribution in [0.3, 0.4) is 0 Å². The molecule has 0 aliphatic heterocycles. The Labute approximate surface area is 309 Å². The number of halogens is 5. The summed E-state index contributed by atoms with van der Waals surface area (Å²) in [6.07, 6.45) is 0. The van der Waals surface area contributed by atoms with E-state index < -0.39 is 24.8 Å². The number of benzene rings is 4. The smallest absolute Gasteiger partial charge is 0.404 e. The molecular weight excluding hydrogens is 798 g/mol. The van der Waals surface area contributed by atoms with Crippen molar-refractivity contribution in [3.63, 3.8) is 0 Å². The first-order valence-electron chi connectivity index (χ1n) is 15.0. The number of esters is 1. The summed E-state index contributed by atoms with van der Waals surface area (Å²) in [5.74, 6) is 0.445. The van der Waals surface area contributed by atoms with Crippen molar-refractivity contribution >= 4 is 69.7 Å². The summed E-state index contributed by atoms with van der Waals surface area (Å²) in [7, 11) is -3.51. The number of ether oxygens (including phenoxy) is 2. The fourth-order valence-corrected chi connectivity index (χ4v) is 8.28. The maximum Gasteiger partial charge on any atom is 0.404 e. The van der Waals surface area contributed by atoms with E-state index in [4.69, 9.17) is 51.8 Å². The Morgan fingerprint density at radius 3 is 2.32 bits per heavy atom. The first-order valence-corrected chi connectivity index (χ1v) is 18.9. The summed E-state index contributed by atoms with van der Waals surface area (Å²) in [6, 6.07) is 22.9. The molecule has 0 unspecified atom stereocenters. The Kier molecular flexibility index (Phi) is 12.3. The van der Waals surface area contributed by atoms with Gasteiger partial charge in [0.05, 0.1) is 48.2 Å². The molecule has 5 aromatic rings. The molecule has 0 saturated carbocycles. The van der Waals surface area contributed by atoms with Gasteiger partial charge in [0, 0.05) is 15.6 Å². The number of rotatable bonds is 13. The molecule has 16 heteroatoms. The topological polar surface area (TPSA) is 101 Å². The van der Waals surface area contributed by atoms with Crippen LogP contribution in [-0.4, -0.2) is 36.1 Å². The van der Waals surface area contributed by atoms with Crippen molar-refractivity contribution in [3.8, 4) is 22.1 Å². The second-order valence-corrected chi connectivity index (χ2v) is 15.1. The zero-order valence-corrected chi connectivity index (χ0v) is 31.5. The highest BCUT2D eigenvalue weighted by molar-refractivity contribution is 9.10. The normalized spacial score (nSPS) is 12.3. The van der Waals surface area contributed by atoms with Gasteiger partial charge in [-0.25, -0.2) is 14.5 Å². The van der Waals surface area contributed by atoms with E-state index in [1.165, 1.54) is 50.5 Å². The van der Waals surface area contributed by atoms with E-state index in [9.17, 15) is 9.36 Å². The van der Waals surface area contributed by atoms with Crippen molar-refractivity contribution in [2.75, 3.05) is 20.3 Å². The van der Waals surface area contributed by atoms with Gasteiger partial charge in [-0.3, -0.25) is 4.57 Å². The molecule has 0 aliphatic carbocycles. The lowest BCUT2D eigenvalue weighted by Gasteiger charge is -2.26. The maximum absolute atomic E-state index is 15.6. The number of carbonyl (C=O) groups excluding carboxylic acids is 1. The molecule has 262 valence electrons. The van der Waals surface area contributed by atoms with E-state index in [1.807, 2.05) is 6.07 Å². The Bertz CT molecular complexity index is 2140. The van der Waals surface area contributed by atoms with Crippen LogP contribution in [0.15, 0.2) is 94.4 Å². The number of carbonyl (C=O) groups is 1. The van der Waals surface area contributed by atoms with Crippen LogP contribution >= 0.6 is 58.1 Å². The van der Waals surface area contributed by atoms with Crippen LogP contribution in [0.1, 0.15) is 35.3 Å². The van der Waals surface area contributed by atoms with Gasteiger partial charge in [-0.15, -0.1) is 0 Å². The van der Waals surface area contributed by atoms with Crippen LogP contribution in [-0.2, 0) is 30.6 Å². The predicted octanol–water partition coefficient (Wildman–Crippen LogP) is 10.9. The number of alkyl halides is 2. The van der Waals surface area contributed by atoms with Gasteiger partial charge in [0.2, 0.25) is 4.80 Å².